The van der Waals surface area contributed by atoms with Gasteiger partial charge in [-0.1, -0.05) is 6.07 Å². The Hall–Kier alpha value is -3.12. The number of nitrogens with one attached hydrogen (secondary N) is 2. The molecule has 3 heterocycles. The Kier molecular flexibility index (Phi) is 6.56. The van der Waals surface area contributed by atoms with Crippen LogP contribution in [0.2, 0.25) is 0 Å². The Morgan fingerprint density at radius 2 is 1.82 bits per heavy atom. The van der Waals surface area contributed by atoms with Crippen LogP contribution in [0.5, 0.6) is 5.06 Å². The normalized spacial score (nSPS) is 14.8. The standard InChI is InChI=1S/C21H17F5N4O2S/c22-13-2-1-3-14(23)17(13)18-12(21(24,25)26)4-5-15(29-18)19(31)30-16-10-28-33-20(16)32-11-6-8-27-9-7-11/h1-5,10-11,27H,6-9H2,(H,30,31). The first kappa shape index (κ1) is 23.1. The fourth-order valence-electron chi connectivity index (χ4n) is 3.38. The van der Waals surface area contributed by atoms with Crippen LogP contribution in [0.1, 0.15) is 28.9 Å². The third-order valence-corrected chi connectivity index (χ3v) is 5.67. The Balaban J connectivity index is 1.64. The van der Waals surface area contributed by atoms with Crippen LogP contribution in [0.25, 0.3) is 11.3 Å². The van der Waals surface area contributed by atoms with Gasteiger partial charge in [0.25, 0.3) is 5.91 Å². The Labute approximate surface area is 189 Å². The summed E-state index contributed by atoms with van der Waals surface area (Å²) in [6, 6.07) is 4.06. The quantitative estimate of drug-likeness (QED) is 0.505. The predicted molar refractivity (Wildman–Crippen MR) is 111 cm³/mol. The summed E-state index contributed by atoms with van der Waals surface area (Å²) in [5.74, 6) is -3.34. The van der Waals surface area contributed by atoms with E-state index in [-0.39, 0.29) is 11.8 Å². The number of nitrogens with zero attached hydrogens (tertiary/aromatic N) is 2. The molecule has 2 N–H and O–H groups in total. The van der Waals surface area contributed by atoms with Crippen LogP contribution in [-0.4, -0.2) is 34.5 Å². The minimum absolute atomic E-state index is 0.0674. The first-order valence-electron chi connectivity index (χ1n) is 9.90. The van der Waals surface area contributed by atoms with Crippen molar-refractivity contribution in [3.8, 4) is 16.3 Å². The van der Waals surface area contributed by atoms with Gasteiger partial charge in [0.05, 0.1) is 23.0 Å². The van der Waals surface area contributed by atoms with E-state index in [2.05, 4.69) is 20.0 Å². The van der Waals surface area contributed by atoms with Crippen molar-refractivity contribution >= 4 is 23.1 Å². The molecule has 1 aliphatic heterocycles. The fourth-order valence-corrected chi connectivity index (χ4v) is 4.01. The van der Waals surface area contributed by atoms with Gasteiger partial charge in [-0.05, 0) is 50.2 Å². The second-order valence-corrected chi connectivity index (χ2v) is 8.00. The van der Waals surface area contributed by atoms with Gasteiger partial charge >= 0.3 is 6.18 Å². The number of rotatable bonds is 5. The Morgan fingerprint density at radius 1 is 1.12 bits per heavy atom. The highest BCUT2D eigenvalue weighted by atomic mass is 32.1. The summed E-state index contributed by atoms with van der Waals surface area (Å²) < 4.78 is 78.8. The summed E-state index contributed by atoms with van der Waals surface area (Å²) in [7, 11) is 0. The number of benzene rings is 1. The zero-order chi connectivity index (χ0) is 23.6. The van der Waals surface area contributed by atoms with Crippen molar-refractivity contribution in [2.75, 3.05) is 18.4 Å². The van der Waals surface area contributed by atoms with E-state index >= 15 is 0 Å². The molecule has 1 fully saturated rings. The van der Waals surface area contributed by atoms with Crippen molar-refractivity contribution in [2.45, 2.75) is 25.1 Å². The lowest BCUT2D eigenvalue weighted by Gasteiger charge is -2.23. The van der Waals surface area contributed by atoms with Gasteiger partial charge < -0.3 is 15.4 Å². The molecule has 2 aromatic heterocycles. The van der Waals surface area contributed by atoms with E-state index < -0.39 is 46.2 Å². The number of alkyl halides is 3. The van der Waals surface area contributed by atoms with E-state index in [1.54, 1.807) is 0 Å². The minimum Gasteiger partial charge on any atom is -0.478 e. The van der Waals surface area contributed by atoms with Crippen molar-refractivity contribution < 1.29 is 31.5 Å². The van der Waals surface area contributed by atoms with Crippen LogP contribution in [-0.2, 0) is 6.18 Å². The molecule has 0 aliphatic carbocycles. The molecule has 33 heavy (non-hydrogen) atoms. The SMILES string of the molecule is O=C(Nc1cnsc1OC1CCNCC1)c1ccc(C(F)(F)F)c(-c2c(F)cccc2F)n1. The van der Waals surface area contributed by atoms with Crippen molar-refractivity contribution in [1.82, 2.24) is 14.7 Å². The smallest absolute Gasteiger partial charge is 0.418 e. The highest BCUT2D eigenvalue weighted by molar-refractivity contribution is 7.08. The molecule has 0 bridgehead atoms. The number of pyridine rings is 1. The van der Waals surface area contributed by atoms with Gasteiger partial charge in [-0.15, -0.1) is 0 Å². The molecule has 0 saturated carbocycles. The third-order valence-electron chi connectivity index (χ3n) is 4.98. The fraction of sp³-hybridized carbons (Fsp3) is 0.286. The average molecular weight is 484 g/mol. The molecule has 1 amide bonds. The zero-order valence-electron chi connectivity index (χ0n) is 16.9. The molecular weight excluding hydrogens is 467 g/mol. The summed E-state index contributed by atoms with van der Waals surface area (Å²) in [6.07, 6.45) is -2.13. The number of halogens is 5. The number of hydrogen-bond acceptors (Lipinski definition) is 6. The van der Waals surface area contributed by atoms with Gasteiger partial charge in [-0.2, -0.15) is 17.5 Å². The van der Waals surface area contributed by atoms with Crippen molar-refractivity contribution in [3.05, 3.63) is 59.4 Å². The van der Waals surface area contributed by atoms with Gasteiger partial charge in [0.15, 0.2) is 0 Å². The van der Waals surface area contributed by atoms with E-state index in [1.807, 2.05) is 0 Å². The molecule has 1 aromatic carbocycles. The lowest BCUT2D eigenvalue weighted by atomic mass is 10.0. The van der Waals surface area contributed by atoms with E-state index in [1.165, 1.54) is 6.20 Å². The number of carbonyl (C=O) groups excluding carboxylic acids is 1. The molecule has 0 spiro atoms. The molecule has 0 atom stereocenters. The lowest BCUT2D eigenvalue weighted by molar-refractivity contribution is -0.137. The maximum atomic E-state index is 14.2. The lowest BCUT2D eigenvalue weighted by Crippen LogP contribution is -2.34. The number of carbonyl (C=O) groups is 1. The van der Waals surface area contributed by atoms with Gasteiger partial charge in [0.1, 0.15) is 29.1 Å². The number of anilines is 1. The van der Waals surface area contributed by atoms with E-state index in [9.17, 15) is 26.7 Å². The number of piperidine rings is 1. The van der Waals surface area contributed by atoms with Crippen molar-refractivity contribution in [3.63, 3.8) is 0 Å². The molecule has 12 heteroatoms. The molecule has 3 aromatic rings. The molecule has 1 saturated heterocycles. The Morgan fingerprint density at radius 3 is 2.48 bits per heavy atom. The second kappa shape index (κ2) is 9.40. The van der Waals surface area contributed by atoms with E-state index in [4.69, 9.17) is 4.74 Å². The largest absolute Gasteiger partial charge is 0.478 e. The number of amides is 1. The highest BCUT2D eigenvalue weighted by Gasteiger charge is 2.36. The molecule has 1 aliphatic rings. The summed E-state index contributed by atoms with van der Waals surface area (Å²) >= 11 is 1.01. The topological polar surface area (TPSA) is 76.1 Å². The van der Waals surface area contributed by atoms with Gasteiger partial charge in [0, 0.05) is 11.5 Å². The van der Waals surface area contributed by atoms with Crippen LogP contribution in [0.15, 0.2) is 36.5 Å². The van der Waals surface area contributed by atoms with Gasteiger partial charge in [0.2, 0.25) is 5.06 Å². The second-order valence-electron chi connectivity index (χ2n) is 7.24. The molecule has 0 radical (unpaired) electrons. The summed E-state index contributed by atoms with van der Waals surface area (Å²) in [4.78, 5) is 16.4. The Bertz CT molecular complexity index is 1140. The molecule has 4 rings (SSSR count). The van der Waals surface area contributed by atoms with E-state index in [0.29, 0.717) is 11.1 Å². The molecular formula is C21H17F5N4O2S. The summed E-state index contributed by atoms with van der Waals surface area (Å²) in [5.41, 5.74) is -3.58. The minimum atomic E-state index is -4.95. The average Bonchev–Trinajstić information content (AvgIpc) is 3.20. The highest BCUT2D eigenvalue weighted by Crippen LogP contribution is 2.38. The van der Waals surface area contributed by atoms with Crippen LogP contribution in [0, 0.1) is 11.6 Å². The van der Waals surface area contributed by atoms with Crippen molar-refractivity contribution in [1.29, 1.82) is 0 Å². The third kappa shape index (κ3) is 5.11. The predicted octanol–water partition coefficient (Wildman–Crippen LogP) is 4.89. The molecule has 174 valence electrons. The van der Waals surface area contributed by atoms with Crippen LogP contribution in [0.4, 0.5) is 27.6 Å². The zero-order valence-corrected chi connectivity index (χ0v) is 17.7. The molecule has 0 unspecified atom stereocenters. The maximum absolute atomic E-state index is 14.2. The maximum Gasteiger partial charge on any atom is 0.418 e. The molecule has 6 nitrogen and oxygen atoms in total. The first-order valence-corrected chi connectivity index (χ1v) is 10.7. The number of aromatic nitrogens is 2. The van der Waals surface area contributed by atoms with Crippen molar-refractivity contribution in [2.24, 2.45) is 0 Å². The van der Waals surface area contributed by atoms with Crippen LogP contribution < -0.4 is 15.4 Å². The first-order chi connectivity index (χ1) is 15.7. The van der Waals surface area contributed by atoms with Crippen LogP contribution in [0.3, 0.4) is 0 Å². The van der Waals surface area contributed by atoms with Gasteiger partial charge in [-0.3, -0.25) is 4.79 Å². The summed E-state index contributed by atoms with van der Waals surface area (Å²) in [6.45, 7) is 1.58. The number of ether oxygens (including phenoxy) is 1. The van der Waals surface area contributed by atoms with Crippen LogP contribution >= 0.6 is 11.5 Å². The number of hydrogen-bond donors (Lipinski definition) is 2. The van der Waals surface area contributed by atoms with Gasteiger partial charge in [-0.25, -0.2) is 13.8 Å². The summed E-state index contributed by atoms with van der Waals surface area (Å²) in [5, 5.41) is 6.05. The van der Waals surface area contributed by atoms with E-state index in [0.717, 1.165) is 61.7 Å². The monoisotopic (exact) mass is 484 g/mol.